The Morgan fingerprint density at radius 3 is 2.26 bits per heavy atom. The van der Waals surface area contributed by atoms with Crippen LogP contribution < -0.4 is 0 Å². The number of hydrogen-bond acceptors (Lipinski definition) is 3. The zero-order valence-electron chi connectivity index (χ0n) is 12.5. The molecule has 0 aliphatic rings. The molecule has 0 rings (SSSR count). The average molecular weight is 274 g/mol. The number of hydrogen-bond donors (Lipinski definition) is 1. The van der Waals surface area contributed by atoms with Gasteiger partial charge in [0.2, 0.25) is 0 Å². The Hall–Kier alpha value is -0.770. The predicted octanol–water partition coefficient (Wildman–Crippen LogP) is 4.62. The second kappa shape index (κ2) is 13.7. The Morgan fingerprint density at radius 1 is 0.947 bits per heavy atom. The van der Waals surface area contributed by atoms with Gasteiger partial charge < -0.3 is 14.6 Å². The fourth-order valence-electron chi connectivity index (χ4n) is 1.96. The summed E-state index contributed by atoms with van der Waals surface area (Å²) in [5.74, 6) is 0. The third kappa shape index (κ3) is 13.5. The smallest absolute Gasteiger partial charge is 0.450 e. The van der Waals surface area contributed by atoms with E-state index in [9.17, 15) is 4.79 Å². The monoisotopic (exact) mass is 274 g/mol. The molecule has 0 aromatic rings. The summed E-state index contributed by atoms with van der Waals surface area (Å²) in [5.41, 5.74) is 0. The lowest BCUT2D eigenvalue weighted by molar-refractivity contribution is 0.0250. The van der Waals surface area contributed by atoms with Crippen LogP contribution in [0.1, 0.15) is 71.6 Å². The van der Waals surface area contributed by atoms with Gasteiger partial charge in [0.1, 0.15) is 6.10 Å². The van der Waals surface area contributed by atoms with Gasteiger partial charge >= 0.3 is 6.16 Å². The van der Waals surface area contributed by atoms with E-state index in [0.717, 1.165) is 32.3 Å². The molecule has 1 unspecified atom stereocenters. The summed E-state index contributed by atoms with van der Waals surface area (Å²) in [7, 11) is 0. The standard InChI is InChI=1S/C15H30O4/c1-3-5-7-8-9-12-18-13-11-14(10-6-4-2)19-15(16)17/h14H,3-13H2,1-2H3,(H,16,17). The predicted molar refractivity (Wildman–Crippen MR) is 76.6 cm³/mol. The molecule has 0 radical (unpaired) electrons. The van der Waals surface area contributed by atoms with Crippen LogP contribution >= 0.6 is 0 Å². The molecule has 0 saturated heterocycles. The van der Waals surface area contributed by atoms with Gasteiger partial charge in [0.25, 0.3) is 0 Å². The summed E-state index contributed by atoms with van der Waals surface area (Å²) >= 11 is 0. The van der Waals surface area contributed by atoms with Crippen LogP contribution in [-0.4, -0.2) is 30.6 Å². The van der Waals surface area contributed by atoms with Crippen molar-refractivity contribution in [3.05, 3.63) is 0 Å². The lowest BCUT2D eigenvalue weighted by atomic mass is 10.1. The van der Waals surface area contributed by atoms with E-state index in [2.05, 4.69) is 13.8 Å². The van der Waals surface area contributed by atoms with Crippen molar-refractivity contribution >= 4 is 6.16 Å². The summed E-state index contributed by atoms with van der Waals surface area (Å²) in [5, 5.41) is 8.64. The second-order valence-corrected chi connectivity index (χ2v) is 4.96. The minimum absolute atomic E-state index is 0.211. The molecule has 0 saturated carbocycles. The third-order valence-electron chi connectivity index (χ3n) is 3.12. The molecule has 114 valence electrons. The topological polar surface area (TPSA) is 55.8 Å². The zero-order chi connectivity index (χ0) is 14.3. The minimum atomic E-state index is -1.18. The largest absolute Gasteiger partial charge is 0.506 e. The van der Waals surface area contributed by atoms with Gasteiger partial charge in [-0.05, 0) is 12.8 Å². The summed E-state index contributed by atoms with van der Waals surface area (Å²) in [6.07, 6.45) is 8.27. The van der Waals surface area contributed by atoms with E-state index in [1.165, 1.54) is 25.7 Å². The van der Waals surface area contributed by atoms with Gasteiger partial charge in [0.05, 0.1) is 6.61 Å². The maximum atomic E-state index is 10.5. The average Bonchev–Trinajstić information content (AvgIpc) is 2.38. The van der Waals surface area contributed by atoms with Crippen LogP contribution in [-0.2, 0) is 9.47 Å². The van der Waals surface area contributed by atoms with Crippen molar-refractivity contribution in [3.8, 4) is 0 Å². The van der Waals surface area contributed by atoms with Crippen LogP contribution in [0.15, 0.2) is 0 Å². The van der Waals surface area contributed by atoms with Crippen molar-refractivity contribution in [2.45, 2.75) is 77.7 Å². The molecule has 0 amide bonds. The molecule has 0 spiro atoms. The summed E-state index contributed by atoms with van der Waals surface area (Å²) in [4.78, 5) is 10.5. The molecule has 0 bridgehead atoms. The molecule has 4 heteroatoms. The summed E-state index contributed by atoms with van der Waals surface area (Å²) < 4.78 is 10.4. The zero-order valence-corrected chi connectivity index (χ0v) is 12.5. The molecule has 1 N–H and O–H groups in total. The van der Waals surface area contributed by atoms with Crippen molar-refractivity contribution in [2.75, 3.05) is 13.2 Å². The Labute approximate surface area is 117 Å². The number of ether oxygens (including phenoxy) is 2. The maximum Gasteiger partial charge on any atom is 0.506 e. The van der Waals surface area contributed by atoms with Gasteiger partial charge in [-0.25, -0.2) is 4.79 Å². The molecule has 0 aliphatic heterocycles. The highest BCUT2D eigenvalue weighted by atomic mass is 16.7. The normalized spacial score (nSPS) is 12.3. The van der Waals surface area contributed by atoms with Crippen molar-refractivity contribution < 1.29 is 19.4 Å². The molecule has 0 aromatic heterocycles. The van der Waals surface area contributed by atoms with Gasteiger partial charge in [-0.2, -0.15) is 0 Å². The van der Waals surface area contributed by atoms with E-state index in [4.69, 9.17) is 14.6 Å². The summed E-state index contributed by atoms with van der Waals surface area (Å²) in [6, 6.07) is 0. The number of rotatable bonds is 13. The van der Waals surface area contributed by atoms with Crippen LogP contribution in [0.4, 0.5) is 4.79 Å². The van der Waals surface area contributed by atoms with Gasteiger partial charge in [-0.1, -0.05) is 52.4 Å². The SMILES string of the molecule is CCCCCCCOCCC(CCCC)OC(=O)O. The van der Waals surface area contributed by atoms with Gasteiger partial charge in [-0.3, -0.25) is 0 Å². The van der Waals surface area contributed by atoms with Gasteiger partial charge in [0.15, 0.2) is 0 Å². The first-order valence-electron chi connectivity index (χ1n) is 7.68. The highest BCUT2D eigenvalue weighted by molar-refractivity contribution is 5.57. The Kier molecular flexibility index (Phi) is 13.1. The molecule has 0 aliphatic carbocycles. The summed E-state index contributed by atoms with van der Waals surface area (Å²) in [6.45, 7) is 5.66. The lowest BCUT2D eigenvalue weighted by Crippen LogP contribution is -2.19. The van der Waals surface area contributed by atoms with E-state index in [1.54, 1.807) is 0 Å². The number of carbonyl (C=O) groups is 1. The number of unbranched alkanes of at least 4 members (excludes halogenated alkanes) is 5. The molecule has 4 nitrogen and oxygen atoms in total. The highest BCUT2D eigenvalue weighted by Gasteiger charge is 2.12. The maximum absolute atomic E-state index is 10.5. The van der Waals surface area contributed by atoms with Crippen molar-refractivity contribution in [3.63, 3.8) is 0 Å². The van der Waals surface area contributed by atoms with E-state index in [1.807, 2.05) is 0 Å². The number of carboxylic acid groups (broad SMARTS) is 1. The van der Waals surface area contributed by atoms with E-state index in [-0.39, 0.29) is 6.10 Å². The van der Waals surface area contributed by atoms with Crippen LogP contribution in [0.2, 0.25) is 0 Å². The van der Waals surface area contributed by atoms with Crippen molar-refractivity contribution in [1.29, 1.82) is 0 Å². The van der Waals surface area contributed by atoms with Gasteiger partial charge in [-0.15, -0.1) is 0 Å². The first kappa shape index (κ1) is 18.2. The van der Waals surface area contributed by atoms with Crippen molar-refractivity contribution in [2.24, 2.45) is 0 Å². The Bertz CT molecular complexity index is 206. The van der Waals surface area contributed by atoms with Crippen LogP contribution in [0.3, 0.4) is 0 Å². The lowest BCUT2D eigenvalue weighted by Gasteiger charge is -2.15. The Balaban J connectivity index is 3.48. The molecule has 0 heterocycles. The highest BCUT2D eigenvalue weighted by Crippen LogP contribution is 2.10. The van der Waals surface area contributed by atoms with Crippen LogP contribution in [0.25, 0.3) is 0 Å². The van der Waals surface area contributed by atoms with Crippen LogP contribution in [0, 0.1) is 0 Å². The first-order chi connectivity index (χ1) is 9.20. The molecule has 0 fully saturated rings. The van der Waals surface area contributed by atoms with Crippen LogP contribution in [0.5, 0.6) is 0 Å². The van der Waals surface area contributed by atoms with E-state index >= 15 is 0 Å². The molecular weight excluding hydrogens is 244 g/mol. The van der Waals surface area contributed by atoms with E-state index in [0.29, 0.717) is 13.0 Å². The first-order valence-corrected chi connectivity index (χ1v) is 7.68. The third-order valence-corrected chi connectivity index (χ3v) is 3.12. The Morgan fingerprint density at radius 2 is 1.63 bits per heavy atom. The molecule has 0 aromatic carbocycles. The minimum Gasteiger partial charge on any atom is -0.450 e. The quantitative estimate of drug-likeness (QED) is 0.393. The van der Waals surface area contributed by atoms with E-state index < -0.39 is 6.16 Å². The molecule has 1 atom stereocenters. The molecular formula is C15H30O4. The van der Waals surface area contributed by atoms with Gasteiger partial charge in [0, 0.05) is 13.0 Å². The molecule has 19 heavy (non-hydrogen) atoms. The fraction of sp³-hybridized carbons (Fsp3) is 0.933. The fourth-order valence-corrected chi connectivity index (χ4v) is 1.96. The van der Waals surface area contributed by atoms with Crippen molar-refractivity contribution in [1.82, 2.24) is 0 Å². The second-order valence-electron chi connectivity index (χ2n) is 4.96.